The summed E-state index contributed by atoms with van der Waals surface area (Å²) in [5.41, 5.74) is -1.75. The van der Waals surface area contributed by atoms with E-state index >= 15 is 0 Å². The Morgan fingerprint density at radius 2 is 2.00 bits per heavy atom. The van der Waals surface area contributed by atoms with Gasteiger partial charge in [0.15, 0.2) is 17.5 Å². The van der Waals surface area contributed by atoms with Crippen LogP contribution in [-0.2, 0) is 6.42 Å². The van der Waals surface area contributed by atoms with Gasteiger partial charge in [0.25, 0.3) is 5.56 Å². The average Bonchev–Trinajstić information content (AvgIpc) is 2.40. The fourth-order valence-electron chi connectivity index (χ4n) is 1.54. The van der Waals surface area contributed by atoms with Gasteiger partial charge >= 0.3 is 0 Å². The number of aromatic nitrogens is 2. The van der Waals surface area contributed by atoms with Crippen LogP contribution in [0, 0.1) is 28.8 Å². The van der Waals surface area contributed by atoms with Gasteiger partial charge in [-0.3, -0.25) is 4.79 Å². The van der Waals surface area contributed by atoms with Crippen molar-refractivity contribution in [3.63, 3.8) is 0 Å². The highest BCUT2D eigenvalue weighted by molar-refractivity contribution is 5.36. The molecule has 1 aromatic heterocycles. The predicted octanol–water partition coefficient (Wildman–Crippen LogP) is 1.42. The monoisotopic (exact) mass is 281 g/mol. The Morgan fingerprint density at radius 3 is 2.65 bits per heavy atom. The first-order valence-corrected chi connectivity index (χ1v) is 5.28. The molecule has 0 aliphatic carbocycles. The molecule has 1 aromatic carbocycles. The van der Waals surface area contributed by atoms with E-state index in [0.29, 0.717) is 16.8 Å². The van der Waals surface area contributed by atoms with Gasteiger partial charge in [-0.1, -0.05) is 0 Å². The van der Waals surface area contributed by atoms with Crippen LogP contribution >= 0.6 is 0 Å². The van der Waals surface area contributed by atoms with Gasteiger partial charge in [-0.2, -0.15) is 15.0 Å². The lowest BCUT2D eigenvalue weighted by molar-refractivity contribution is 0.438. The van der Waals surface area contributed by atoms with Crippen LogP contribution in [-0.4, -0.2) is 14.9 Å². The fraction of sp³-hybridized carbons (Fsp3) is 0.0833. The highest BCUT2D eigenvalue weighted by atomic mass is 19.2. The number of hydrogen-bond donors (Lipinski definition) is 1. The fourth-order valence-corrected chi connectivity index (χ4v) is 1.54. The average molecular weight is 281 g/mol. The van der Waals surface area contributed by atoms with Crippen molar-refractivity contribution in [2.75, 3.05) is 0 Å². The van der Waals surface area contributed by atoms with Crippen LogP contribution in [0.5, 0.6) is 5.75 Å². The lowest BCUT2D eigenvalue weighted by Gasteiger charge is -2.08. The summed E-state index contributed by atoms with van der Waals surface area (Å²) in [4.78, 5) is 11.6. The molecule has 20 heavy (non-hydrogen) atoms. The quantitative estimate of drug-likeness (QED) is 0.844. The van der Waals surface area contributed by atoms with Gasteiger partial charge in [0.05, 0.1) is 12.5 Å². The number of halogens is 3. The first-order chi connectivity index (χ1) is 9.45. The molecular formula is C12H6F3N3O2. The van der Waals surface area contributed by atoms with Crippen LogP contribution in [0.25, 0.3) is 5.69 Å². The summed E-state index contributed by atoms with van der Waals surface area (Å²) < 4.78 is 40.0. The highest BCUT2D eigenvalue weighted by Crippen LogP contribution is 2.18. The van der Waals surface area contributed by atoms with Crippen LogP contribution in [0.3, 0.4) is 0 Å². The van der Waals surface area contributed by atoms with E-state index in [-0.39, 0.29) is 12.1 Å². The third-order valence-corrected chi connectivity index (χ3v) is 2.47. The molecule has 2 rings (SSSR count). The zero-order valence-corrected chi connectivity index (χ0v) is 9.77. The largest absolute Gasteiger partial charge is 0.506 e. The van der Waals surface area contributed by atoms with Gasteiger partial charge in [-0.05, 0) is 12.1 Å². The summed E-state index contributed by atoms with van der Waals surface area (Å²) in [6.45, 7) is 0. The van der Waals surface area contributed by atoms with Crippen molar-refractivity contribution >= 4 is 0 Å². The summed E-state index contributed by atoms with van der Waals surface area (Å²) in [7, 11) is 0. The number of aromatic hydroxyl groups is 1. The van der Waals surface area contributed by atoms with E-state index in [1.807, 2.05) is 0 Å². The third-order valence-electron chi connectivity index (χ3n) is 2.47. The number of rotatable bonds is 2. The Morgan fingerprint density at radius 1 is 1.30 bits per heavy atom. The second-order valence-electron chi connectivity index (χ2n) is 3.76. The van der Waals surface area contributed by atoms with E-state index in [0.717, 1.165) is 6.07 Å². The SMILES string of the molecule is N#CCc1nn(-c2ccc(F)c(F)c2F)c(=O)cc1O. The number of hydrogen-bond acceptors (Lipinski definition) is 4. The first-order valence-electron chi connectivity index (χ1n) is 5.28. The Balaban J connectivity index is 2.71. The molecule has 0 radical (unpaired) electrons. The van der Waals surface area contributed by atoms with Gasteiger partial charge < -0.3 is 5.11 Å². The van der Waals surface area contributed by atoms with E-state index in [4.69, 9.17) is 5.26 Å². The number of nitriles is 1. The van der Waals surface area contributed by atoms with Gasteiger partial charge in [0.2, 0.25) is 0 Å². The summed E-state index contributed by atoms with van der Waals surface area (Å²) >= 11 is 0. The molecule has 0 saturated carbocycles. The molecule has 0 bridgehead atoms. The first kappa shape index (κ1) is 13.6. The molecule has 2 aromatic rings. The van der Waals surface area contributed by atoms with E-state index in [9.17, 15) is 23.1 Å². The Hall–Kier alpha value is -2.82. The zero-order valence-electron chi connectivity index (χ0n) is 9.77. The maximum absolute atomic E-state index is 13.6. The van der Waals surface area contributed by atoms with E-state index in [1.165, 1.54) is 0 Å². The van der Waals surface area contributed by atoms with Crippen LogP contribution in [0.15, 0.2) is 23.0 Å². The molecule has 102 valence electrons. The predicted molar refractivity (Wildman–Crippen MR) is 60.7 cm³/mol. The lowest BCUT2D eigenvalue weighted by Crippen LogP contribution is -2.23. The molecule has 0 spiro atoms. The third kappa shape index (κ3) is 2.21. The minimum absolute atomic E-state index is 0.184. The number of benzene rings is 1. The van der Waals surface area contributed by atoms with Gasteiger partial charge in [-0.15, -0.1) is 0 Å². The molecular weight excluding hydrogens is 275 g/mol. The van der Waals surface area contributed by atoms with Crippen molar-refractivity contribution < 1.29 is 18.3 Å². The molecule has 0 aliphatic heterocycles. The smallest absolute Gasteiger partial charge is 0.275 e. The van der Waals surface area contributed by atoms with Crippen LogP contribution < -0.4 is 5.56 Å². The lowest BCUT2D eigenvalue weighted by atomic mass is 10.2. The molecule has 1 heterocycles. The standard InChI is InChI=1S/C12H6F3N3O2/c13-6-1-2-8(12(15)11(6)14)18-10(20)5-9(19)7(17-18)3-4-16/h1-2,5,19H,3H2. The second-order valence-corrected chi connectivity index (χ2v) is 3.76. The molecule has 0 amide bonds. The van der Waals surface area contributed by atoms with Gasteiger partial charge in [0.1, 0.15) is 17.1 Å². The van der Waals surface area contributed by atoms with Crippen molar-refractivity contribution in [3.8, 4) is 17.5 Å². The normalized spacial score (nSPS) is 10.3. The summed E-state index contributed by atoms with van der Waals surface area (Å²) in [5.74, 6) is -5.27. The van der Waals surface area contributed by atoms with Crippen LogP contribution in [0.4, 0.5) is 13.2 Å². The molecule has 0 saturated heterocycles. The summed E-state index contributed by atoms with van der Waals surface area (Å²) in [6, 6.07) is 3.87. The molecule has 0 aliphatic rings. The maximum Gasteiger partial charge on any atom is 0.275 e. The van der Waals surface area contributed by atoms with Crippen molar-refractivity contribution in [2.45, 2.75) is 6.42 Å². The molecule has 0 atom stereocenters. The van der Waals surface area contributed by atoms with Crippen molar-refractivity contribution in [1.82, 2.24) is 9.78 Å². The number of nitrogens with zero attached hydrogens (tertiary/aromatic N) is 3. The maximum atomic E-state index is 13.6. The summed E-state index contributed by atoms with van der Waals surface area (Å²) in [6.07, 6.45) is -0.336. The van der Waals surface area contributed by atoms with E-state index < -0.39 is 34.4 Å². The Bertz CT molecular complexity index is 781. The van der Waals surface area contributed by atoms with Crippen LogP contribution in [0.1, 0.15) is 5.69 Å². The molecule has 1 N–H and O–H groups in total. The Kier molecular flexibility index (Phi) is 3.43. The Labute approximate surface area is 110 Å². The minimum atomic E-state index is -1.74. The van der Waals surface area contributed by atoms with E-state index in [2.05, 4.69) is 5.10 Å². The molecule has 0 fully saturated rings. The van der Waals surface area contributed by atoms with E-state index in [1.54, 1.807) is 6.07 Å². The molecule has 5 nitrogen and oxygen atoms in total. The van der Waals surface area contributed by atoms with Gasteiger partial charge in [0, 0.05) is 6.07 Å². The zero-order chi connectivity index (χ0) is 14.9. The minimum Gasteiger partial charge on any atom is -0.506 e. The van der Waals surface area contributed by atoms with Crippen molar-refractivity contribution in [2.24, 2.45) is 0 Å². The van der Waals surface area contributed by atoms with Crippen molar-refractivity contribution in [3.05, 3.63) is 51.7 Å². The van der Waals surface area contributed by atoms with Gasteiger partial charge in [-0.25, -0.2) is 13.2 Å². The molecule has 8 heteroatoms. The highest BCUT2D eigenvalue weighted by Gasteiger charge is 2.17. The summed E-state index contributed by atoms with van der Waals surface area (Å²) in [5, 5.41) is 21.5. The second kappa shape index (κ2) is 5.05. The topological polar surface area (TPSA) is 78.9 Å². The van der Waals surface area contributed by atoms with Crippen LogP contribution in [0.2, 0.25) is 0 Å². The molecule has 0 unspecified atom stereocenters. The van der Waals surface area contributed by atoms with Crippen molar-refractivity contribution in [1.29, 1.82) is 5.26 Å².